The Morgan fingerprint density at radius 3 is 2.67 bits per heavy atom. The van der Waals surface area contributed by atoms with Crippen molar-refractivity contribution < 1.29 is 4.79 Å². The molecular formula is C15H28N2O. The Kier molecular flexibility index (Phi) is 5.19. The fourth-order valence-electron chi connectivity index (χ4n) is 3.59. The van der Waals surface area contributed by atoms with E-state index in [0.29, 0.717) is 11.8 Å². The molecule has 1 N–H and O–H groups in total. The highest BCUT2D eigenvalue weighted by atomic mass is 16.1. The minimum atomic E-state index is 0.171. The number of piperazine rings is 1. The van der Waals surface area contributed by atoms with Gasteiger partial charge in [-0.3, -0.25) is 9.69 Å². The van der Waals surface area contributed by atoms with Crippen LogP contribution in [0.5, 0.6) is 0 Å². The lowest BCUT2D eigenvalue weighted by molar-refractivity contribution is -0.124. The summed E-state index contributed by atoms with van der Waals surface area (Å²) < 4.78 is 0. The zero-order valence-corrected chi connectivity index (χ0v) is 12.0. The Labute approximate surface area is 111 Å². The van der Waals surface area contributed by atoms with Crippen molar-refractivity contribution in [2.24, 2.45) is 5.92 Å². The normalized spacial score (nSPS) is 29.1. The number of ketones is 1. The molecule has 0 radical (unpaired) electrons. The first-order chi connectivity index (χ1) is 8.68. The van der Waals surface area contributed by atoms with E-state index in [0.717, 1.165) is 32.0 Å². The van der Waals surface area contributed by atoms with Crippen molar-refractivity contribution in [3.8, 4) is 0 Å². The Morgan fingerprint density at radius 1 is 1.33 bits per heavy atom. The smallest absolute Gasteiger partial charge is 0.146 e. The molecule has 1 saturated carbocycles. The maximum atomic E-state index is 12.0. The molecule has 2 fully saturated rings. The Hall–Kier alpha value is -0.410. The second-order valence-corrected chi connectivity index (χ2v) is 6.16. The molecule has 104 valence electrons. The number of nitrogens with zero attached hydrogens (tertiary/aromatic N) is 1. The lowest BCUT2D eigenvalue weighted by atomic mass is 9.83. The fraction of sp³-hybridized carbons (Fsp3) is 0.933. The lowest BCUT2D eigenvalue weighted by Gasteiger charge is -2.40. The van der Waals surface area contributed by atoms with Gasteiger partial charge in [0.05, 0.1) is 6.04 Å². The predicted octanol–water partition coefficient (Wildman–Crippen LogP) is 2.21. The van der Waals surface area contributed by atoms with Gasteiger partial charge in [-0.25, -0.2) is 0 Å². The van der Waals surface area contributed by atoms with Crippen LogP contribution in [0.25, 0.3) is 0 Å². The minimum absolute atomic E-state index is 0.171. The van der Waals surface area contributed by atoms with E-state index in [2.05, 4.69) is 17.1 Å². The second kappa shape index (κ2) is 6.67. The molecule has 1 saturated heterocycles. The number of hydrogen-bond donors (Lipinski definition) is 1. The van der Waals surface area contributed by atoms with Crippen molar-refractivity contribution in [1.82, 2.24) is 10.2 Å². The summed E-state index contributed by atoms with van der Waals surface area (Å²) in [6, 6.07) is 0.668. The molecule has 3 heteroatoms. The molecule has 1 heterocycles. The summed E-state index contributed by atoms with van der Waals surface area (Å²) >= 11 is 0. The standard InChI is InChI=1S/C15H28N2O/c1-12-11-16-8-9-17(12)15(13(2)18)10-14-6-4-3-5-7-14/h12,14-16H,3-11H2,1-2H3/t12-,15?/m1/s1. The number of nitrogens with one attached hydrogen (secondary N) is 1. The van der Waals surface area contributed by atoms with Crippen molar-refractivity contribution >= 4 is 5.78 Å². The first-order valence-electron chi connectivity index (χ1n) is 7.65. The van der Waals surface area contributed by atoms with Crippen LogP contribution in [0.3, 0.4) is 0 Å². The van der Waals surface area contributed by atoms with Gasteiger partial charge in [0, 0.05) is 25.7 Å². The number of hydrogen-bond acceptors (Lipinski definition) is 3. The van der Waals surface area contributed by atoms with E-state index in [1.807, 2.05) is 0 Å². The zero-order chi connectivity index (χ0) is 13.0. The molecule has 0 amide bonds. The molecule has 1 unspecified atom stereocenters. The predicted molar refractivity (Wildman–Crippen MR) is 74.7 cm³/mol. The SMILES string of the molecule is CC(=O)C(CC1CCCCC1)N1CCNC[C@H]1C. The summed E-state index contributed by atoms with van der Waals surface area (Å²) in [5, 5.41) is 3.41. The van der Waals surface area contributed by atoms with Crippen LogP contribution in [0.2, 0.25) is 0 Å². The van der Waals surface area contributed by atoms with Gasteiger partial charge in [0.2, 0.25) is 0 Å². The van der Waals surface area contributed by atoms with Gasteiger partial charge in [0.15, 0.2) is 0 Å². The molecule has 2 aliphatic rings. The third kappa shape index (κ3) is 3.55. The number of carbonyl (C=O) groups excluding carboxylic acids is 1. The van der Waals surface area contributed by atoms with E-state index in [1.54, 1.807) is 6.92 Å². The highest BCUT2D eigenvalue weighted by Gasteiger charge is 2.31. The van der Waals surface area contributed by atoms with E-state index < -0.39 is 0 Å². The largest absolute Gasteiger partial charge is 0.314 e. The first kappa shape index (κ1) is 14.0. The van der Waals surface area contributed by atoms with Crippen LogP contribution in [-0.2, 0) is 4.79 Å². The van der Waals surface area contributed by atoms with Crippen LogP contribution in [-0.4, -0.2) is 42.4 Å². The van der Waals surface area contributed by atoms with Gasteiger partial charge < -0.3 is 5.32 Å². The highest BCUT2D eigenvalue weighted by Crippen LogP contribution is 2.29. The number of rotatable bonds is 4. The molecule has 0 aromatic heterocycles. The van der Waals surface area contributed by atoms with E-state index in [4.69, 9.17) is 0 Å². The molecular weight excluding hydrogens is 224 g/mol. The molecule has 0 aromatic carbocycles. The third-order valence-electron chi connectivity index (χ3n) is 4.70. The third-order valence-corrected chi connectivity index (χ3v) is 4.70. The van der Waals surface area contributed by atoms with Crippen LogP contribution in [0, 0.1) is 5.92 Å². The van der Waals surface area contributed by atoms with E-state index >= 15 is 0 Å². The van der Waals surface area contributed by atoms with Crippen molar-refractivity contribution in [2.75, 3.05) is 19.6 Å². The summed E-state index contributed by atoms with van der Waals surface area (Å²) in [6.45, 7) is 7.09. The van der Waals surface area contributed by atoms with Gasteiger partial charge in [0.25, 0.3) is 0 Å². The zero-order valence-electron chi connectivity index (χ0n) is 12.0. The molecule has 1 aliphatic heterocycles. The van der Waals surface area contributed by atoms with E-state index in [9.17, 15) is 4.79 Å². The average Bonchev–Trinajstić information content (AvgIpc) is 2.38. The van der Waals surface area contributed by atoms with Gasteiger partial charge >= 0.3 is 0 Å². The van der Waals surface area contributed by atoms with Gasteiger partial charge in [-0.05, 0) is 26.2 Å². The Morgan fingerprint density at radius 2 is 2.06 bits per heavy atom. The molecule has 0 bridgehead atoms. The van der Waals surface area contributed by atoms with Crippen LogP contribution >= 0.6 is 0 Å². The average molecular weight is 252 g/mol. The van der Waals surface area contributed by atoms with Crippen LogP contribution < -0.4 is 5.32 Å². The second-order valence-electron chi connectivity index (χ2n) is 6.16. The summed E-state index contributed by atoms with van der Waals surface area (Å²) in [5.41, 5.74) is 0. The van der Waals surface area contributed by atoms with Gasteiger partial charge in [-0.15, -0.1) is 0 Å². The molecule has 2 rings (SSSR count). The van der Waals surface area contributed by atoms with Crippen molar-refractivity contribution in [3.05, 3.63) is 0 Å². The molecule has 1 aliphatic carbocycles. The van der Waals surface area contributed by atoms with Crippen molar-refractivity contribution in [3.63, 3.8) is 0 Å². The quantitative estimate of drug-likeness (QED) is 0.832. The maximum absolute atomic E-state index is 12.0. The topological polar surface area (TPSA) is 32.3 Å². The fourth-order valence-corrected chi connectivity index (χ4v) is 3.59. The first-order valence-corrected chi connectivity index (χ1v) is 7.65. The van der Waals surface area contributed by atoms with Crippen molar-refractivity contribution in [2.45, 2.75) is 64.5 Å². The summed E-state index contributed by atoms with van der Waals surface area (Å²) in [7, 11) is 0. The van der Waals surface area contributed by atoms with Crippen LogP contribution in [0.15, 0.2) is 0 Å². The highest BCUT2D eigenvalue weighted by molar-refractivity contribution is 5.81. The maximum Gasteiger partial charge on any atom is 0.146 e. The van der Waals surface area contributed by atoms with Gasteiger partial charge in [0.1, 0.15) is 5.78 Å². The lowest BCUT2D eigenvalue weighted by Crippen LogP contribution is -2.56. The summed E-state index contributed by atoms with van der Waals surface area (Å²) in [4.78, 5) is 14.4. The van der Waals surface area contributed by atoms with Crippen LogP contribution in [0.4, 0.5) is 0 Å². The number of carbonyl (C=O) groups is 1. The summed E-state index contributed by atoms with van der Waals surface area (Å²) in [6.07, 6.45) is 7.90. The van der Waals surface area contributed by atoms with Gasteiger partial charge in [-0.1, -0.05) is 32.1 Å². The molecule has 3 nitrogen and oxygen atoms in total. The summed E-state index contributed by atoms with van der Waals surface area (Å²) in [5.74, 6) is 1.16. The number of Topliss-reactive ketones (excluding diaryl/α,β-unsaturated/α-hetero) is 1. The van der Waals surface area contributed by atoms with E-state index in [1.165, 1.54) is 32.1 Å². The monoisotopic (exact) mass is 252 g/mol. The molecule has 0 spiro atoms. The van der Waals surface area contributed by atoms with E-state index in [-0.39, 0.29) is 6.04 Å². The molecule has 2 atom stereocenters. The van der Waals surface area contributed by atoms with Gasteiger partial charge in [-0.2, -0.15) is 0 Å². The van der Waals surface area contributed by atoms with Crippen molar-refractivity contribution in [1.29, 1.82) is 0 Å². The minimum Gasteiger partial charge on any atom is -0.314 e. The van der Waals surface area contributed by atoms with Crippen LogP contribution in [0.1, 0.15) is 52.4 Å². The Bertz CT molecular complexity index is 274. The molecule has 18 heavy (non-hydrogen) atoms. The molecule has 0 aromatic rings. The Balaban J connectivity index is 1.95.